The van der Waals surface area contributed by atoms with Gasteiger partial charge in [-0.25, -0.2) is 9.36 Å². The van der Waals surface area contributed by atoms with Crippen molar-refractivity contribution in [2.75, 3.05) is 19.7 Å². The van der Waals surface area contributed by atoms with Crippen molar-refractivity contribution in [2.24, 2.45) is 0 Å². The van der Waals surface area contributed by atoms with Gasteiger partial charge in [-0.1, -0.05) is 109 Å². The molecule has 10 rings (SSSR count). The Labute approximate surface area is 431 Å². The lowest BCUT2D eigenvalue weighted by Crippen LogP contribution is -2.37. The first-order valence-corrected chi connectivity index (χ1v) is 25.7. The molecule has 380 valence electrons. The Hall–Kier alpha value is -8.00. The number of carbonyl (C=O) groups excluding carboxylic acids is 3. The van der Waals surface area contributed by atoms with Crippen LogP contribution in [0, 0.1) is 13.8 Å². The molecule has 0 spiro atoms. The van der Waals surface area contributed by atoms with Crippen molar-refractivity contribution < 1.29 is 29.0 Å². The van der Waals surface area contributed by atoms with Crippen LogP contribution in [0.25, 0.3) is 22.1 Å². The van der Waals surface area contributed by atoms with E-state index in [4.69, 9.17) is 4.74 Å². The van der Waals surface area contributed by atoms with Crippen LogP contribution >= 0.6 is 0 Å². The highest BCUT2D eigenvalue weighted by molar-refractivity contribution is 5.95. The quantitative estimate of drug-likeness (QED) is 0.110. The second-order valence-corrected chi connectivity index (χ2v) is 19.6. The molecule has 8 aromatic rings. The van der Waals surface area contributed by atoms with Crippen molar-refractivity contribution >= 4 is 45.8 Å². The van der Waals surface area contributed by atoms with Crippen LogP contribution in [0.1, 0.15) is 147 Å². The molecule has 14 heteroatoms. The van der Waals surface area contributed by atoms with E-state index in [2.05, 4.69) is 70.9 Å². The van der Waals surface area contributed by atoms with Crippen LogP contribution in [-0.4, -0.2) is 88.3 Å². The lowest BCUT2D eigenvalue weighted by atomic mass is 9.82. The SMILES string of the molecule is CCOC(=O)CC(c1ccc2c(c1)CN(C(=O)c1ccccc1)CC2C)c1ccc2c(nnn2CC)c1C.CCn1nnc2c(C)c(C(CC(=O)O)c3ccc4c(c3)CN(C(=O)c3ccccc3)CC4C)ccc21. The molecule has 1 N–H and O–H groups in total. The summed E-state index contributed by atoms with van der Waals surface area (Å²) in [7, 11) is 0. The summed E-state index contributed by atoms with van der Waals surface area (Å²) in [6.45, 7) is 18.4. The molecule has 4 atom stereocenters. The molecule has 4 unspecified atom stereocenters. The molecule has 0 aliphatic carbocycles. The van der Waals surface area contributed by atoms with Gasteiger partial charge in [-0.05, 0) is 138 Å². The number of carbonyl (C=O) groups is 4. The van der Waals surface area contributed by atoms with Gasteiger partial charge in [0.1, 0.15) is 11.0 Å². The fraction of sp³-hybridized carbons (Fsp3) is 0.333. The minimum Gasteiger partial charge on any atom is -0.481 e. The van der Waals surface area contributed by atoms with Crippen LogP contribution in [0.3, 0.4) is 0 Å². The molecule has 14 nitrogen and oxygen atoms in total. The van der Waals surface area contributed by atoms with Crippen molar-refractivity contribution in [1.29, 1.82) is 0 Å². The third-order valence-electron chi connectivity index (χ3n) is 14.9. The van der Waals surface area contributed by atoms with Gasteiger partial charge in [-0.15, -0.1) is 10.2 Å². The summed E-state index contributed by atoms with van der Waals surface area (Å²) in [5, 5.41) is 27.1. The number of rotatable bonds is 13. The van der Waals surface area contributed by atoms with Crippen LogP contribution in [0.4, 0.5) is 0 Å². The molecule has 0 saturated heterocycles. The van der Waals surface area contributed by atoms with Gasteiger partial charge in [0.2, 0.25) is 0 Å². The van der Waals surface area contributed by atoms with Crippen molar-refractivity contribution in [3.8, 4) is 0 Å². The third-order valence-corrected chi connectivity index (χ3v) is 14.9. The predicted octanol–water partition coefficient (Wildman–Crippen LogP) is 10.7. The molecule has 2 aliphatic heterocycles. The number of carboxylic acids is 1. The number of carboxylic acid groups (broad SMARTS) is 1. The number of esters is 1. The number of aryl methyl sites for hydroxylation is 4. The molecule has 0 fully saturated rings. The first kappa shape index (κ1) is 50.9. The predicted molar refractivity (Wildman–Crippen MR) is 285 cm³/mol. The van der Waals surface area contributed by atoms with Gasteiger partial charge in [-0.2, -0.15) is 0 Å². The summed E-state index contributed by atoms with van der Waals surface area (Å²) in [4.78, 5) is 54.9. The highest BCUT2D eigenvalue weighted by Crippen LogP contribution is 2.39. The minimum atomic E-state index is -0.858. The van der Waals surface area contributed by atoms with E-state index in [1.807, 2.05) is 139 Å². The summed E-state index contributed by atoms with van der Waals surface area (Å²) >= 11 is 0. The maximum Gasteiger partial charge on any atom is 0.306 e. The second kappa shape index (κ2) is 22.0. The largest absolute Gasteiger partial charge is 0.481 e. The Bertz CT molecular complexity index is 3370. The van der Waals surface area contributed by atoms with Crippen LogP contribution < -0.4 is 0 Å². The van der Waals surface area contributed by atoms with E-state index in [1.165, 1.54) is 11.1 Å². The van der Waals surface area contributed by atoms with E-state index < -0.39 is 5.97 Å². The first-order chi connectivity index (χ1) is 35.8. The molecule has 2 aliphatic rings. The Balaban J connectivity index is 0.000000182. The number of fused-ring (bicyclic) bond motifs is 4. The summed E-state index contributed by atoms with van der Waals surface area (Å²) in [5.74, 6) is -1.17. The van der Waals surface area contributed by atoms with E-state index >= 15 is 0 Å². The van der Waals surface area contributed by atoms with Crippen LogP contribution in [0.5, 0.6) is 0 Å². The van der Waals surface area contributed by atoms with Crippen molar-refractivity contribution in [3.05, 3.63) is 188 Å². The second-order valence-electron chi connectivity index (χ2n) is 19.6. The summed E-state index contributed by atoms with van der Waals surface area (Å²) in [5.41, 5.74) is 15.5. The van der Waals surface area contributed by atoms with E-state index in [9.17, 15) is 24.3 Å². The third kappa shape index (κ3) is 10.3. The van der Waals surface area contributed by atoms with Crippen molar-refractivity contribution in [2.45, 2.75) is 111 Å². The smallest absolute Gasteiger partial charge is 0.306 e. The Morgan fingerprint density at radius 2 is 1.03 bits per heavy atom. The highest BCUT2D eigenvalue weighted by Gasteiger charge is 2.31. The number of nitrogens with zero attached hydrogens (tertiary/aromatic N) is 8. The van der Waals surface area contributed by atoms with Gasteiger partial charge in [0.05, 0.1) is 30.5 Å². The van der Waals surface area contributed by atoms with E-state index in [-0.39, 0.29) is 54.3 Å². The van der Waals surface area contributed by atoms with Crippen LogP contribution in [0.15, 0.2) is 121 Å². The number of hydrogen-bond acceptors (Lipinski definition) is 9. The molecular weight excluding hydrogens is 929 g/mol. The number of hydrogen-bond donors (Lipinski definition) is 1. The monoisotopic (exact) mass is 992 g/mol. The zero-order valence-electron chi connectivity index (χ0n) is 43.3. The molecule has 2 amide bonds. The zero-order chi connectivity index (χ0) is 52.2. The molecule has 74 heavy (non-hydrogen) atoms. The standard InChI is InChI=1S/C31H34N4O3.C29H30N4O3/c1-5-35-28-15-14-26(21(4)30(28)32-33-35)27(17-29(36)38-6-2)23-12-13-25-20(3)18-34(19-24(25)16-23)31(37)22-10-8-7-9-11-22;1-4-33-26-13-12-24(19(3)28(26)30-31-33)25(15-27(34)35)21-10-11-23-18(2)16-32(17-22(23)14-21)29(36)20-8-6-5-7-9-20/h7-16,20,27H,5-6,17-19H2,1-4H3;5-14,18,25H,4,15-17H2,1-3H3,(H,34,35). The van der Waals surface area contributed by atoms with Crippen LogP contribution in [0.2, 0.25) is 0 Å². The van der Waals surface area contributed by atoms with Crippen molar-refractivity contribution in [1.82, 2.24) is 39.8 Å². The summed E-state index contributed by atoms with van der Waals surface area (Å²) in [6, 6.07) is 39.6. The fourth-order valence-corrected chi connectivity index (χ4v) is 11.1. The normalized spacial score (nSPS) is 15.9. The number of aliphatic carboxylic acids is 1. The maximum atomic E-state index is 13.3. The summed E-state index contributed by atoms with van der Waals surface area (Å²) < 4.78 is 9.09. The van der Waals surface area contributed by atoms with Crippen LogP contribution in [-0.2, 0) is 40.5 Å². The van der Waals surface area contributed by atoms with Crippen molar-refractivity contribution in [3.63, 3.8) is 0 Å². The first-order valence-electron chi connectivity index (χ1n) is 25.7. The van der Waals surface area contributed by atoms with E-state index in [0.29, 0.717) is 43.9 Å². The average Bonchev–Trinajstić information content (AvgIpc) is 4.05. The summed E-state index contributed by atoms with van der Waals surface area (Å²) in [6.07, 6.45) is 0.193. The minimum absolute atomic E-state index is 0.0147. The highest BCUT2D eigenvalue weighted by atomic mass is 16.5. The number of benzene rings is 6. The Kier molecular flexibility index (Phi) is 15.1. The van der Waals surface area contributed by atoms with E-state index in [1.54, 1.807) is 0 Å². The van der Waals surface area contributed by atoms with Gasteiger partial charge in [-0.3, -0.25) is 19.2 Å². The van der Waals surface area contributed by atoms with E-state index in [0.717, 1.165) is 79.7 Å². The fourth-order valence-electron chi connectivity index (χ4n) is 11.1. The molecule has 2 aromatic heterocycles. The molecule has 4 heterocycles. The molecule has 0 bridgehead atoms. The average molecular weight is 993 g/mol. The van der Waals surface area contributed by atoms with Gasteiger partial charge >= 0.3 is 11.9 Å². The molecule has 0 saturated carbocycles. The lowest BCUT2D eigenvalue weighted by molar-refractivity contribution is -0.143. The van der Waals surface area contributed by atoms with Gasteiger partial charge < -0.3 is 19.6 Å². The molecular formula is C60H64N8O6. The Morgan fingerprint density at radius 3 is 1.43 bits per heavy atom. The Morgan fingerprint density at radius 1 is 0.595 bits per heavy atom. The zero-order valence-corrected chi connectivity index (χ0v) is 43.3. The molecule has 0 radical (unpaired) electrons. The lowest BCUT2D eigenvalue weighted by Gasteiger charge is -2.34. The maximum absolute atomic E-state index is 13.3. The molecule has 6 aromatic carbocycles. The van der Waals surface area contributed by atoms with Gasteiger partial charge in [0.15, 0.2) is 0 Å². The topological polar surface area (TPSA) is 166 Å². The van der Waals surface area contributed by atoms with Gasteiger partial charge in [0, 0.05) is 62.2 Å². The number of amides is 2. The van der Waals surface area contributed by atoms with Gasteiger partial charge in [0.25, 0.3) is 11.8 Å². The number of ether oxygens (including phenoxy) is 1. The number of aromatic nitrogens is 6.